The summed E-state index contributed by atoms with van der Waals surface area (Å²) in [6.07, 6.45) is 0. The van der Waals surface area contributed by atoms with Crippen molar-refractivity contribution in [2.45, 2.75) is 6.92 Å². The van der Waals surface area contributed by atoms with Gasteiger partial charge in [-0.05, 0) is 25.1 Å². The highest BCUT2D eigenvalue weighted by Gasteiger charge is 2.18. The molecule has 0 bridgehead atoms. The van der Waals surface area contributed by atoms with E-state index in [2.05, 4.69) is 15.6 Å². The van der Waals surface area contributed by atoms with Crippen molar-refractivity contribution in [3.05, 3.63) is 76.1 Å². The molecule has 1 amide bonds. The number of nitro benzene ring substituents is 1. The molecule has 0 aliphatic carbocycles. The van der Waals surface area contributed by atoms with Gasteiger partial charge in [-0.25, -0.2) is 4.68 Å². The van der Waals surface area contributed by atoms with E-state index in [1.165, 1.54) is 16.8 Å². The lowest BCUT2D eigenvalue weighted by molar-refractivity contribution is -0.384. The highest BCUT2D eigenvalue weighted by Crippen LogP contribution is 2.18. The Bertz CT molecular complexity index is 986. The molecule has 2 aromatic carbocycles. The summed E-state index contributed by atoms with van der Waals surface area (Å²) in [5.41, 5.74) is 2.18. The van der Waals surface area contributed by atoms with Crippen molar-refractivity contribution in [1.29, 1.82) is 0 Å². The van der Waals surface area contributed by atoms with E-state index in [0.29, 0.717) is 24.5 Å². The Labute approximate surface area is 161 Å². The summed E-state index contributed by atoms with van der Waals surface area (Å²) in [5.74, 6) is -0.337. The number of non-ortho nitro benzene ring substituents is 1. The number of para-hydroxylation sites is 1. The highest BCUT2D eigenvalue weighted by atomic mass is 16.6. The second-order valence-corrected chi connectivity index (χ2v) is 6.23. The first-order valence-electron chi connectivity index (χ1n) is 8.69. The van der Waals surface area contributed by atoms with Crippen molar-refractivity contribution >= 4 is 17.3 Å². The lowest BCUT2D eigenvalue weighted by atomic mass is 10.2. The molecule has 9 nitrogen and oxygen atoms in total. The largest absolute Gasteiger partial charge is 0.373 e. The number of hydrogen-bond acceptors (Lipinski definition) is 6. The van der Waals surface area contributed by atoms with Gasteiger partial charge < -0.3 is 10.2 Å². The van der Waals surface area contributed by atoms with E-state index in [9.17, 15) is 14.9 Å². The van der Waals surface area contributed by atoms with E-state index >= 15 is 0 Å². The molecule has 1 heterocycles. The van der Waals surface area contributed by atoms with Crippen LogP contribution in [0.4, 0.5) is 11.4 Å². The van der Waals surface area contributed by atoms with Crippen molar-refractivity contribution in [3.63, 3.8) is 0 Å². The van der Waals surface area contributed by atoms with E-state index in [0.717, 1.165) is 5.69 Å². The van der Waals surface area contributed by atoms with Crippen LogP contribution in [0.5, 0.6) is 0 Å². The number of aromatic nitrogens is 3. The number of hydrogen-bond donors (Lipinski definition) is 1. The molecule has 0 saturated heterocycles. The SMILES string of the molecule is Cc1c(C(=O)NCCN(C)c2ccccc2)nnn1-c1cccc([N+](=O)[O-])c1. The van der Waals surface area contributed by atoms with Gasteiger partial charge >= 0.3 is 0 Å². The molecular weight excluding hydrogens is 360 g/mol. The zero-order valence-corrected chi connectivity index (χ0v) is 15.6. The molecule has 0 atom stereocenters. The summed E-state index contributed by atoms with van der Waals surface area (Å²) < 4.78 is 1.41. The van der Waals surface area contributed by atoms with Crippen LogP contribution in [0, 0.1) is 17.0 Å². The van der Waals surface area contributed by atoms with E-state index < -0.39 is 4.92 Å². The highest BCUT2D eigenvalue weighted by molar-refractivity contribution is 5.93. The van der Waals surface area contributed by atoms with Crippen LogP contribution in [0.1, 0.15) is 16.2 Å². The van der Waals surface area contributed by atoms with Crippen molar-refractivity contribution in [2.75, 3.05) is 25.0 Å². The van der Waals surface area contributed by atoms with Crippen LogP contribution in [-0.4, -0.2) is 46.0 Å². The van der Waals surface area contributed by atoms with Crippen molar-refractivity contribution in [3.8, 4) is 5.69 Å². The number of nitro groups is 1. The number of nitrogens with zero attached hydrogens (tertiary/aromatic N) is 5. The quantitative estimate of drug-likeness (QED) is 0.498. The average molecular weight is 380 g/mol. The summed E-state index contributed by atoms with van der Waals surface area (Å²) in [6.45, 7) is 2.77. The molecule has 3 aromatic rings. The van der Waals surface area contributed by atoms with Crippen LogP contribution in [0.3, 0.4) is 0 Å². The van der Waals surface area contributed by atoms with E-state index in [-0.39, 0.29) is 17.3 Å². The van der Waals surface area contributed by atoms with Gasteiger partial charge in [0.2, 0.25) is 0 Å². The fraction of sp³-hybridized carbons (Fsp3) is 0.211. The monoisotopic (exact) mass is 380 g/mol. The lowest BCUT2D eigenvalue weighted by Gasteiger charge is -2.19. The normalized spacial score (nSPS) is 10.5. The lowest BCUT2D eigenvalue weighted by Crippen LogP contribution is -2.33. The number of benzene rings is 2. The summed E-state index contributed by atoms with van der Waals surface area (Å²) in [6, 6.07) is 15.9. The molecule has 9 heteroatoms. The molecule has 1 N–H and O–H groups in total. The Morgan fingerprint density at radius 1 is 1.21 bits per heavy atom. The average Bonchev–Trinajstić information content (AvgIpc) is 3.10. The third-order valence-corrected chi connectivity index (χ3v) is 4.32. The predicted octanol–water partition coefficient (Wildman–Crippen LogP) is 2.35. The van der Waals surface area contributed by atoms with Gasteiger partial charge in [0.15, 0.2) is 5.69 Å². The summed E-state index contributed by atoms with van der Waals surface area (Å²) in [7, 11) is 1.95. The molecule has 0 unspecified atom stereocenters. The number of carbonyl (C=O) groups excluding carboxylic acids is 1. The fourth-order valence-corrected chi connectivity index (χ4v) is 2.75. The summed E-state index contributed by atoms with van der Waals surface area (Å²) in [5, 5.41) is 21.7. The molecule has 1 aromatic heterocycles. The smallest absolute Gasteiger partial charge is 0.273 e. The third-order valence-electron chi connectivity index (χ3n) is 4.32. The number of nitrogens with one attached hydrogen (secondary N) is 1. The van der Waals surface area contributed by atoms with Crippen molar-refractivity contribution in [2.24, 2.45) is 0 Å². The second kappa shape index (κ2) is 8.30. The molecule has 0 saturated carbocycles. The maximum absolute atomic E-state index is 12.4. The number of carbonyl (C=O) groups is 1. The first kappa shape index (κ1) is 19.0. The second-order valence-electron chi connectivity index (χ2n) is 6.23. The maximum atomic E-state index is 12.4. The predicted molar refractivity (Wildman–Crippen MR) is 105 cm³/mol. The van der Waals surface area contributed by atoms with Gasteiger partial charge in [0, 0.05) is 38.0 Å². The maximum Gasteiger partial charge on any atom is 0.273 e. The van der Waals surface area contributed by atoms with Gasteiger partial charge in [0.05, 0.1) is 16.3 Å². The minimum absolute atomic E-state index is 0.0534. The Hall–Kier alpha value is -3.75. The molecule has 0 aliphatic rings. The Morgan fingerprint density at radius 2 is 1.96 bits per heavy atom. The van der Waals surface area contributed by atoms with E-state index in [4.69, 9.17) is 0 Å². The van der Waals surface area contributed by atoms with Gasteiger partial charge in [0.1, 0.15) is 0 Å². The van der Waals surface area contributed by atoms with Gasteiger partial charge in [-0.1, -0.05) is 29.5 Å². The number of rotatable bonds is 7. The van der Waals surface area contributed by atoms with Crippen LogP contribution >= 0.6 is 0 Å². The topological polar surface area (TPSA) is 106 Å². The summed E-state index contributed by atoms with van der Waals surface area (Å²) in [4.78, 5) is 25.0. The Morgan fingerprint density at radius 3 is 2.68 bits per heavy atom. The van der Waals surface area contributed by atoms with Crippen LogP contribution in [0.15, 0.2) is 54.6 Å². The minimum Gasteiger partial charge on any atom is -0.373 e. The Balaban J connectivity index is 1.65. The first-order chi connectivity index (χ1) is 13.5. The van der Waals surface area contributed by atoms with Crippen LogP contribution in [0.25, 0.3) is 5.69 Å². The zero-order valence-electron chi connectivity index (χ0n) is 15.6. The number of amides is 1. The van der Waals surface area contributed by atoms with Gasteiger partial charge in [-0.2, -0.15) is 0 Å². The molecule has 0 fully saturated rings. The summed E-state index contributed by atoms with van der Waals surface area (Å²) >= 11 is 0. The van der Waals surface area contributed by atoms with E-state index in [1.807, 2.05) is 42.3 Å². The van der Waals surface area contributed by atoms with Gasteiger partial charge in [0.25, 0.3) is 11.6 Å². The molecular formula is C19H20N6O3. The molecule has 0 aliphatic heterocycles. The van der Waals surface area contributed by atoms with Crippen LogP contribution < -0.4 is 10.2 Å². The van der Waals surface area contributed by atoms with Crippen LogP contribution in [0.2, 0.25) is 0 Å². The van der Waals surface area contributed by atoms with Crippen molar-refractivity contribution in [1.82, 2.24) is 20.3 Å². The molecule has 144 valence electrons. The van der Waals surface area contributed by atoms with Gasteiger partial charge in [-0.3, -0.25) is 14.9 Å². The zero-order chi connectivity index (χ0) is 20.1. The van der Waals surface area contributed by atoms with Crippen LogP contribution in [-0.2, 0) is 0 Å². The molecule has 0 radical (unpaired) electrons. The molecule has 3 rings (SSSR count). The van der Waals surface area contributed by atoms with Gasteiger partial charge in [-0.15, -0.1) is 5.10 Å². The number of anilines is 1. The first-order valence-corrected chi connectivity index (χ1v) is 8.69. The Kier molecular flexibility index (Phi) is 5.64. The fourth-order valence-electron chi connectivity index (χ4n) is 2.75. The standard InChI is InChI=1S/C19H20N6O3/c1-14-18(19(26)20-11-12-23(2)15-7-4-3-5-8-15)21-22-24(14)16-9-6-10-17(13-16)25(27)28/h3-10,13H,11-12H2,1-2H3,(H,20,26). The van der Waals surface area contributed by atoms with Crippen molar-refractivity contribution < 1.29 is 9.72 Å². The number of likely N-dealkylation sites (N-methyl/N-ethyl adjacent to an activating group) is 1. The molecule has 0 spiro atoms. The third kappa shape index (κ3) is 4.14. The minimum atomic E-state index is -0.480. The van der Waals surface area contributed by atoms with E-state index in [1.54, 1.807) is 19.1 Å². The molecule has 28 heavy (non-hydrogen) atoms.